The molecule has 0 bridgehead atoms. The van der Waals surface area contributed by atoms with Gasteiger partial charge in [0.15, 0.2) is 0 Å². The van der Waals surface area contributed by atoms with Crippen LogP contribution in [0.25, 0.3) is 0 Å². The molecule has 1 nitrogen and oxygen atoms in total. The monoisotopic (exact) mass is 332 g/mol. The smallest absolute Gasteiger partial charge is 0.141 e. The van der Waals surface area contributed by atoms with Crippen molar-refractivity contribution in [1.29, 1.82) is 0 Å². The third-order valence-electron chi connectivity index (χ3n) is 3.88. The molecular formula is C17H14BrFO. The summed E-state index contributed by atoms with van der Waals surface area (Å²) in [6, 6.07) is 12.9. The fourth-order valence-electron chi connectivity index (χ4n) is 2.80. The van der Waals surface area contributed by atoms with Gasteiger partial charge in [-0.2, -0.15) is 0 Å². The van der Waals surface area contributed by atoms with Crippen LogP contribution in [0.15, 0.2) is 46.9 Å². The number of carbonyl (C=O) groups excluding carboxylic acids is 1. The summed E-state index contributed by atoms with van der Waals surface area (Å²) in [6.07, 6.45) is 1.74. The molecule has 0 atom stereocenters. The molecule has 0 spiro atoms. The Morgan fingerprint density at radius 2 is 1.80 bits per heavy atom. The molecule has 0 radical (unpaired) electrons. The van der Waals surface area contributed by atoms with E-state index in [9.17, 15) is 9.18 Å². The van der Waals surface area contributed by atoms with Gasteiger partial charge in [0.25, 0.3) is 0 Å². The predicted molar refractivity (Wildman–Crippen MR) is 80.2 cm³/mol. The SMILES string of the molecule is O=C(Cc1cc(Br)ccc1F)C1Cc2ccccc2C1. The first-order valence-electron chi connectivity index (χ1n) is 6.67. The highest BCUT2D eigenvalue weighted by Gasteiger charge is 2.27. The molecule has 0 heterocycles. The molecule has 0 fully saturated rings. The summed E-state index contributed by atoms with van der Waals surface area (Å²) in [7, 11) is 0. The average Bonchev–Trinajstić information content (AvgIpc) is 2.87. The van der Waals surface area contributed by atoms with Crippen LogP contribution in [0.2, 0.25) is 0 Å². The molecule has 1 aliphatic rings. The standard InChI is InChI=1S/C17H14BrFO/c18-15-5-6-16(19)13(9-15)10-17(20)14-7-11-3-1-2-4-12(11)8-14/h1-6,9,14H,7-8,10H2. The molecule has 0 N–H and O–H groups in total. The summed E-state index contributed by atoms with van der Waals surface area (Å²) in [5.74, 6) is -0.193. The van der Waals surface area contributed by atoms with Crippen molar-refractivity contribution in [3.8, 4) is 0 Å². The second-order valence-corrected chi connectivity index (χ2v) is 6.17. The first kappa shape index (κ1) is 13.5. The van der Waals surface area contributed by atoms with Gasteiger partial charge >= 0.3 is 0 Å². The summed E-state index contributed by atoms with van der Waals surface area (Å²) in [5, 5.41) is 0. The molecule has 0 aromatic heterocycles. The highest BCUT2D eigenvalue weighted by atomic mass is 79.9. The van der Waals surface area contributed by atoms with Gasteiger partial charge in [0.05, 0.1) is 0 Å². The van der Waals surface area contributed by atoms with E-state index in [0.29, 0.717) is 5.56 Å². The van der Waals surface area contributed by atoms with Crippen molar-refractivity contribution in [3.63, 3.8) is 0 Å². The Labute approximate surface area is 126 Å². The number of Topliss-reactive ketones (excluding diaryl/α,β-unsaturated/α-hetero) is 1. The fourth-order valence-corrected chi connectivity index (χ4v) is 3.21. The van der Waals surface area contributed by atoms with E-state index in [1.54, 1.807) is 12.1 Å². The molecule has 0 aliphatic heterocycles. The van der Waals surface area contributed by atoms with Crippen LogP contribution in [0, 0.1) is 11.7 Å². The van der Waals surface area contributed by atoms with Crippen LogP contribution in [0.1, 0.15) is 16.7 Å². The van der Waals surface area contributed by atoms with Gasteiger partial charge in [-0.05, 0) is 47.7 Å². The average molecular weight is 333 g/mol. The summed E-state index contributed by atoms with van der Waals surface area (Å²) in [6.45, 7) is 0. The van der Waals surface area contributed by atoms with Gasteiger partial charge in [0.1, 0.15) is 11.6 Å². The molecule has 20 heavy (non-hydrogen) atoms. The molecule has 3 heteroatoms. The molecule has 0 saturated carbocycles. The zero-order valence-electron chi connectivity index (χ0n) is 10.9. The predicted octanol–water partition coefficient (Wildman–Crippen LogP) is 4.11. The quantitative estimate of drug-likeness (QED) is 0.826. The number of fused-ring (bicyclic) bond motifs is 1. The van der Waals surface area contributed by atoms with Crippen molar-refractivity contribution in [1.82, 2.24) is 0 Å². The zero-order chi connectivity index (χ0) is 14.1. The number of hydrogen-bond acceptors (Lipinski definition) is 1. The third kappa shape index (κ3) is 2.68. The molecule has 0 unspecified atom stereocenters. The minimum atomic E-state index is -0.308. The maximum atomic E-state index is 13.7. The lowest BCUT2D eigenvalue weighted by atomic mass is 9.95. The Morgan fingerprint density at radius 1 is 1.15 bits per heavy atom. The first-order valence-corrected chi connectivity index (χ1v) is 7.46. The van der Waals surface area contributed by atoms with Gasteiger partial charge in [0, 0.05) is 16.8 Å². The maximum Gasteiger partial charge on any atom is 0.141 e. The van der Waals surface area contributed by atoms with Crippen LogP contribution in [0.4, 0.5) is 4.39 Å². The largest absolute Gasteiger partial charge is 0.299 e. The number of hydrogen-bond donors (Lipinski definition) is 0. The van der Waals surface area contributed by atoms with Crippen molar-refractivity contribution in [3.05, 3.63) is 69.4 Å². The second kappa shape index (κ2) is 5.49. The molecule has 2 aromatic carbocycles. The minimum Gasteiger partial charge on any atom is -0.299 e. The van der Waals surface area contributed by atoms with Gasteiger partial charge in [-0.25, -0.2) is 4.39 Å². The Bertz CT molecular complexity index is 641. The van der Waals surface area contributed by atoms with Crippen LogP contribution in [0.5, 0.6) is 0 Å². The highest BCUT2D eigenvalue weighted by Crippen LogP contribution is 2.28. The maximum absolute atomic E-state index is 13.7. The van der Waals surface area contributed by atoms with Crippen LogP contribution in [-0.4, -0.2) is 5.78 Å². The fraction of sp³-hybridized carbons (Fsp3) is 0.235. The van der Waals surface area contributed by atoms with E-state index >= 15 is 0 Å². The molecular weight excluding hydrogens is 319 g/mol. The van der Waals surface area contributed by atoms with E-state index in [1.807, 2.05) is 12.1 Å². The third-order valence-corrected chi connectivity index (χ3v) is 4.37. The van der Waals surface area contributed by atoms with Crippen LogP contribution < -0.4 is 0 Å². The molecule has 2 aromatic rings. The van der Waals surface area contributed by atoms with E-state index in [-0.39, 0.29) is 23.9 Å². The number of carbonyl (C=O) groups is 1. The van der Waals surface area contributed by atoms with E-state index in [1.165, 1.54) is 17.2 Å². The van der Waals surface area contributed by atoms with Crippen LogP contribution >= 0.6 is 15.9 Å². The zero-order valence-corrected chi connectivity index (χ0v) is 12.5. The lowest BCUT2D eigenvalue weighted by Crippen LogP contribution is -2.17. The lowest BCUT2D eigenvalue weighted by Gasteiger charge is -2.09. The number of halogens is 2. The van der Waals surface area contributed by atoms with E-state index in [2.05, 4.69) is 28.1 Å². The van der Waals surface area contributed by atoms with Gasteiger partial charge < -0.3 is 0 Å². The molecule has 0 amide bonds. The Morgan fingerprint density at radius 3 is 2.45 bits per heavy atom. The van der Waals surface area contributed by atoms with E-state index in [0.717, 1.165) is 17.3 Å². The Kier molecular flexibility index (Phi) is 3.70. The topological polar surface area (TPSA) is 17.1 Å². The molecule has 1 aliphatic carbocycles. The Hall–Kier alpha value is -1.48. The van der Waals surface area contributed by atoms with Crippen molar-refractivity contribution in [2.45, 2.75) is 19.3 Å². The van der Waals surface area contributed by atoms with Gasteiger partial charge in [0.2, 0.25) is 0 Å². The number of benzene rings is 2. The summed E-state index contributed by atoms with van der Waals surface area (Å²) >= 11 is 3.32. The Balaban J connectivity index is 1.74. The van der Waals surface area contributed by atoms with E-state index < -0.39 is 0 Å². The van der Waals surface area contributed by atoms with Crippen molar-refractivity contribution < 1.29 is 9.18 Å². The van der Waals surface area contributed by atoms with Crippen molar-refractivity contribution >= 4 is 21.7 Å². The van der Waals surface area contributed by atoms with Crippen LogP contribution in [0.3, 0.4) is 0 Å². The van der Waals surface area contributed by atoms with E-state index in [4.69, 9.17) is 0 Å². The number of rotatable bonds is 3. The van der Waals surface area contributed by atoms with Crippen LogP contribution in [-0.2, 0) is 24.1 Å². The van der Waals surface area contributed by atoms with Crippen molar-refractivity contribution in [2.24, 2.45) is 5.92 Å². The number of ketones is 1. The van der Waals surface area contributed by atoms with Gasteiger partial charge in [-0.1, -0.05) is 40.2 Å². The normalized spacial score (nSPS) is 14.3. The first-order chi connectivity index (χ1) is 9.63. The highest BCUT2D eigenvalue weighted by molar-refractivity contribution is 9.10. The summed E-state index contributed by atoms with van der Waals surface area (Å²) in [4.78, 5) is 12.4. The minimum absolute atomic E-state index is 0.00854. The van der Waals surface area contributed by atoms with Crippen molar-refractivity contribution in [2.75, 3.05) is 0 Å². The van der Waals surface area contributed by atoms with Gasteiger partial charge in [-0.15, -0.1) is 0 Å². The molecule has 0 saturated heterocycles. The summed E-state index contributed by atoms with van der Waals surface area (Å²) < 4.78 is 14.5. The van der Waals surface area contributed by atoms with Gasteiger partial charge in [-0.3, -0.25) is 4.79 Å². The lowest BCUT2D eigenvalue weighted by molar-refractivity contribution is -0.122. The molecule has 3 rings (SSSR count). The summed E-state index contributed by atoms with van der Waals surface area (Å²) in [5.41, 5.74) is 2.97. The second-order valence-electron chi connectivity index (χ2n) is 5.25. The molecule has 102 valence electrons.